The van der Waals surface area contributed by atoms with Crippen molar-refractivity contribution < 1.29 is 24.3 Å². The van der Waals surface area contributed by atoms with Crippen LogP contribution in [0.3, 0.4) is 0 Å². The second-order valence-electron chi connectivity index (χ2n) is 9.02. The van der Waals surface area contributed by atoms with Crippen LogP contribution in [0.25, 0.3) is 10.9 Å². The van der Waals surface area contributed by atoms with Crippen molar-refractivity contribution in [1.82, 2.24) is 20.9 Å². The Morgan fingerprint density at radius 1 is 1.05 bits per heavy atom. The summed E-state index contributed by atoms with van der Waals surface area (Å²) >= 11 is 0. The predicted molar refractivity (Wildman–Crippen MR) is 139 cm³/mol. The molecule has 2 rings (SSSR count). The highest BCUT2D eigenvalue weighted by Gasteiger charge is 2.30. The minimum Gasteiger partial charge on any atom is -0.480 e. The summed E-state index contributed by atoms with van der Waals surface area (Å²) < 4.78 is 0. The van der Waals surface area contributed by atoms with Gasteiger partial charge in [-0.05, 0) is 36.8 Å². The molecule has 3 unspecified atom stereocenters. The monoisotopic (exact) mass is 516 g/mol. The molecular formula is C24H36N8O5. The number of carboxylic acids is 1. The Hall–Kier alpha value is -4.13. The molecule has 0 spiro atoms. The molecule has 3 amide bonds. The molecule has 0 bridgehead atoms. The number of nitrogens with one attached hydrogen (secondary N) is 4. The number of carboxylic acid groups (broad SMARTS) is 1. The minimum atomic E-state index is -1.23. The fraction of sp³-hybridized carbons (Fsp3) is 0.458. The number of nitrogens with two attached hydrogens (primary N) is 3. The van der Waals surface area contributed by atoms with E-state index in [0.717, 1.165) is 16.5 Å². The number of aromatic nitrogens is 1. The maximum Gasteiger partial charge on any atom is 0.322 e. The molecule has 2 aromatic rings. The number of carbonyl (C=O) groups is 4. The number of para-hydroxylation sites is 1. The van der Waals surface area contributed by atoms with Crippen LogP contribution in [0.1, 0.15) is 32.3 Å². The average molecular weight is 517 g/mol. The highest BCUT2D eigenvalue weighted by atomic mass is 16.4. The number of aliphatic imine (C=N–C) groups is 1. The summed E-state index contributed by atoms with van der Waals surface area (Å²) in [5.74, 6) is -3.45. The molecule has 1 aromatic heterocycles. The third-order valence-electron chi connectivity index (χ3n) is 5.69. The lowest BCUT2D eigenvalue weighted by molar-refractivity contribution is -0.138. The van der Waals surface area contributed by atoms with Crippen molar-refractivity contribution in [2.75, 3.05) is 13.1 Å². The van der Waals surface area contributed by atoms with Gasteiger partial charge in [0, 0.05) is 23.6 Å². The van der Waals surface area contributed by atoms with Crippen LogP contribution in [0.4, 0.5) is 0 Å². The summed E-state index contributed by atoms with van der Waals surface area (Å²) in [6, 6.07) is 4.70. The van der Waals surface area contributed by atoms with E-state index in [1.54, 1.807) is 20.0 Å². The van der Waals surface area contributed by atoms with E-state index in [2.05, 4.69) is 25.9 Å². The molecule has 0 aliphatic heterocycles. The summed E-state index contributed by atoms with van der Waals surface area (Å²) in [5.41, 5.74) is 18.6. The normalized spacial score (nSPS) is 13.4. The molecule has 0 fully saturated rings. The first kappa shape index (κ1) is 29.1. The van der Waals surface area contributed by atoms with Gasteiger partial charge < -0.3 is 43.2 Å². The van der Waals surface area contributed by atoms with Gasteiger partial charge in [-0.15, -0.1) is 0 Å². The number of carbonyl (C=O) groups excluding carboxylic acids is 3. The van der Waals surface area contributed by atoms with Gasteiger partial charge in [-0.25, -0.2) is 0 Å². The first-order valence-corrected chi connectivity index (χ1v) is 12.0. The zero-order chi connectivity index (χ0) is 27.5. The third kappa shape index (κ3) is 9.11. The van der Waals surface area contributed by atoms with Crippen LogP contribution in [0, 0.1) is 5.92 Å². The molecular weight excluding hydrogens is 480 g/mol. The van der Waals surface area contributed by atoms with Gasteiger partial charge in [0.25, 0.3) is 0 Å². The lowest BCUT2D eigenvalue weighted by Gasteiger charge is -2.26. The molecule has 0 saturated heterocycles. The Kier molecular flexibility index (Phi) is 10.9. The third-order valence-corrected chi connectivity index (χ3v) is 5.69. The number of H-pyrrole nitrogens is 1. The van der Waals surface area contributed by atoms with E-state index >= 15 is 0 Å². The summed E-state index contributed by atoms with van der Waals surface area (Å²) in [6.45, 7) is 3.10. The van der Waals surface area contributed by atoms with Gasteiger partial charge in [0.05, 0.1) is 6.04 Å². The Morgan fingerprint density at radius 3 is 2.41 bits per heavy atom. The van der Waals surface area contributed by atoms with Crippen LogP contribution in [-0.4, -0.2) is 71.0 Å². The topological polar surface area (TPSA) is 231 Å². The number of fused-ring (bicyclic) bond motifs is 1. The highest BCUT2D eigenvalue weighted by Crippen LogP contribution is 2.19. The van der Waals surface area contributed by atoms with E-state index in [1.807, 2.05) is 24.3 Å². The summed E-state index contributed by atoms with van der Waals surface area (Å²) in [4.78, 5) is 56.3. The van der Waals surface area contributed by atoms with E-state index in [0.29, 0.717) is 6.42 Å². The fourth-order valence-corrected chi connectivity index (χ4v) is 3.75. The number of amides is 3. The van der Waals surface area contributed by atoms with Gasteiger partial charge in [0.1, 0.15) is 18.6 Å². The number of aromatic amines is 1. The quantitative estimate of drug-likeness (QED) is 0.0871. The largest absolute Gasteiger partial charge is 0.480 e. The van der Waals surface area contributed by atoms with Crippen LogP contribution in [0.5, 0.6) is 0 Å². The molecule has 3 atom stereocenters. The number of nitrogens with zero attached hydrogens (tertiary/aromatic N) is 1. The highest BCUT2D eigenvalue weighted by molar-refractivity contribution is 5.94. The number of aliphatic carboxylic acids is 1. The Labute approximate surface area is 214 Å². The molecule has 0 saturated carbocycles. The van der Waals surface area contributed by atoms with Crippen molar-refractivity contribution in [3.05, 3.63) is 36.0 Å². The van der Waals surface area contributed by atoms with Crippen LogP contribution >= 0.6 is 0 Å². The molecule has 37 heavy (non-hydrogen) atoms. The lowest BCUT2D eigenvalue weighted by Crippen LogP contribution is -2.57. The van der Waals surface area contributed by atoms with Crippen molar-refractivity contribution in [3.8, 4) is 0 Å². The molecule has 11 N–H and O–H groups in total. The molecule has 1 aromatic carbocycles. The Bertz CT molecular complexity index is 1130. The molecule has 0 aliphatic carbocycles. The van der Waals surface area contributed by atoms with E-state index in [-0.39, 0.29) is 31.3 Å². The summed E-state index contributed by atoms with van der Waals surface area (Å²) in [7, 11) is 0. The van der Waals surface area contributed by atoms with E-state index < -0.39 is 48.4 Å². The van der Waals surface area contributed by atoms with Crippen molar-refractivity contribution >= 4 is 40.6 Å². The van der Waals surface area contributed by atoms with E-state index in [4.69, 9.17) is 22.3 Å². The first-order valence-electron chi connectivity index (χ1n) is 12.0. The van der Waals surface area contributed by atoms with Crippen molar-refractivity contribution in [1.29, 1.82) is 0 Å². The molecule has 1 heterocycles. The zero-order valence-electron chi connectivity index (χ0n) is 21.0. The number of benzene rings is 1. The Balaban J connectivity index is 2.06. The van der Waals surface area contributed by atoms with Crippen molar-refractivity contribution in [2.24, 2.45) is 28.1 Å². The van der Waals surface area contributed by atoms with Gasteiger partial charge >= 0.3 is 5.97 Å². The van der Waals surface area contributed by atoms with E-state index in [9.17, 15) is 19.2 Å². The molecule has 13 nitrogen and oxygen atoms in total. The maximum atomic E-state index is 13.1. The van der Waals surface area contributed by atoms with Crippen LogP contribution in [0.2, 0.25) is 0 Å². The average Bonchev–Trinajstić information content (AvgIpc) is 3.24. The van der Waals surface area contributed by atoms with Crippen LogP contribution in [-0.2, 0) is 25.6 Å². The van der Waals surface area contributed by atoms with Crippen molar-refractivity contribution in [3.63, 3.8) is 0 Å². The van der Waals surface area contributed by atoms with Crippen LogP contribution < -0.4 is 33.2 Å². The summed E-state index contributed by atoms with van der Waals surface area (Å²) in [5, 5.41) is 17.4. The molecule has 0 aliphatic rings. The first-order chi connectivity index (χ1) is 17.5. The molecule has 13 heteroatoms. The molecule has 202 valence electrons. The fourth-order valence-electron chi connectivity index (χ4n) is 3.75. The van der Waals surface area contributed by atoms with Crippen LogP contribution in [0.15, 0.2) is 35.5 Å². The van der Waals surface area contributed by atoms with Gasteiger partial charge in [-0.1, -0.05) is 32.0 Å². The Morgan fingerprint density at radius 2 is 1.76 bits per heavy atom. The predicted octanol–water partition coefficient (Wildman–Crippen LogP) is -1.08. The number of guanidine groups is 1. The zero-order valence-corrected chi connectivity index (χ0v) is 21.0. The minimum absolute atomic E-state index is 0.109. The lowest BCUT2D eigenvalue weighted by atomic mass is 10.00. The SMILES string of the molecule is CC(C)C(NC(=O)C(N)Cc1c[nH]c2ccccc12)C(=O)NC(CCCN=C(N)N)C(=O)NCC(=O)O. The number of rotatable bonds is 14. The molecule has 0 radical (unpaired) electrons. The van der Waals surface area contributed by atoms with Crippen molar-refractivity contribution in [2.45, 2.75) is 51.2 Å². The van der Waals surface area contributed by atoms with Gasteiger partial charge in [0.2, 0.25) is 17.7 Å². The smallest absolute Gasteiger partial charge is 0.322 e. The standard InChI is InChI=1S/C24H36N8O5/c1-13(2)20(32-21(35)16(25)10-14-11-29-17-7-4-3-6-15(14)17)23(37)31-18(8-5-9-28-24(26)27)22(36)30-12-19(33)34/h3-4,6-7,11,13,16,18,20,29H,5,8-10,12,25H2,1-2H3,(H,30,36)(H,31,37)(H,32,35)(H,33,34)(H4,26,27,28). The van der Waals surface area contributed by atoms with E-state index in [1.165, 1.54) is 0 Å². The number of hydrogen-bond acceptors (Lipinski definition) is 6. The summed E-state index contributed by atoms with van der Waals surface area (Å²) in [6.07, 6.45) is 2.55. The maximum absolute atomic E-state index is 13.1. The van der Waals surface area contributed by atoms with Gasteiger partial charge in [-0.2, -0.15) is 0 Å². The second kappa shape index (κ2) is 13.8. The second-order valence-corrected chi connectivity index (χ2v) is 9.02. The van der Waals surface area contributed by atoms with Gasteiger partial charge in [0.15, 0.2) is 5.96 Å². The number of hydrogen-bond donors (Lipinski definition) is 8. The van der Waals surface area contributed by atoms with Gasteiger partial charge in [-0.3, -0.25) is 24.2 Å².